The highest BCUT2D eigenvalue weighted by molar-refractivity contribution is 4.87. The van der Waals surface area contributed by atoms with Crippen LogP contribution in [0.1, 0.15) is 26.7 Å². The molecular weight excluding hydrogens is 269 g/mol. The van der Waals surface area contributed by atoms with Gasteiger partial charge in [0.25, 0.3) is 0 Å². The van der Waals surface area contributed by atoms with Crippen LogP contribution in [0.3, 0.4) is 0 Å². The predicted molar refractivity (Wildman–Crippen MR) is 73.7 cm³/mol. The Labute approximate surface area is 119 Å². The molecule has 120 valence electrons. The van der Waals surface area contributed by atoms with E-state index in [1.807, 2.05) is 0 Å². The Hall–Kier alpha value is -0.330. The van der Waals surface area contributed by atoms with Crippen molar-refractivity contribution in [1.29, 1.82) is 0 Å². The molecule has 3 nitrogen and oxygen atoms in total. The standard InChI is InChI=1S/C14H27F3N2O/c1-12(2)8-18-9-13(4-6-20-7-5-13)10-19(3)11-14(15,16)17/h12,18H,4-11H2,1-3H3. The van der Waals surface area contributed by atoms with Crippen molar-refractivity contribution in [2.24, 2.45) is 11.3 Å². The van der Waals surface area contributed by atoms with E-state index in [1.54, 1.807) is 7.05 Å². The summed E-state index contributed by atoms with van der Waals surface area (Å²) in [6.07, 6.45) is -2.49. The van der Waals surface area contributed by atoms with Crippen LogP contribution in [0.25, 0.3) is 0 Å². The second-order valence-corrected chi connectivity index (χ2v) is 6.42. The molecule has 0 radical (unpaired) electrons. The van der Waals surface area contributed by atoms with Gasteiger partial charge in [0, 0.05) is 26.3 Å². The van der Waals surface area contributed by atoms with Gasteiger partial charge >= 0.3 is 6.18 Å². The quantitative estimate of drug-likeness (QED) is 0.781. The molecule has 0 unspecified atom stereocenters. The normalized spacial score (nSPS) is 19.8. The van der Waals surface area contributed by atoms with Gasteiger partial charge in [0.2, 0.25) is 0 Å². The van der Waals surface area contributed by atoms with Gasteiger partial charge in [-0.25, -0.2) is 0 Å². The van der Waals surface area contributed by atoms with Crippen LogP contribution in [0.2, 0.25) is 0 Å². The highest BCUT2D eigenvalue weighted by Gasteiger charge is 2.36. The lowest BCUT2D eigenvalue weighted by Crippen LogP contribution is -2.48. The third-order valence-corrected chi connectivity index (χ3v) is 3.66. The van der Waals surface area contributed by atoms with Crippen molar-refractivity contribution >= 4 is 0 Å². The maximum Gasteiger partial charge on any atom is 0.401 e. The third-order valence-electron chi connectivity index (χ3n) is 3.66. The zero-order valence-electron chi connectivity index (χ0n) is 12.7. The molecule has 0 atom stereocenters. The van der Waals surface area contributed by atoms with Gasteiger partial charge in [-0.05, 0) is 37.8 Å². The molecule has 0 bridgehead atoms. The van der Waals surface area contributed by atoms with Crippen LogP contribution in [0, 0.1) is 11.3 Å². The number of nitrogens with zero attached hydrogens (tertiary/aromatic N) is 1. The molecule has 20 heavy (non-hydrogen) atoms. The first-order valence-electron chi connectivity index (χ1n) is 7.26. The number of nitrogens with one attached hydrogen (secondary N) is 1. The summed E-state index contributed by atoms with van der Waals surface area (Å²) in [5.74, 6) is 0.541. The summed E-state index contributed by atoms with van der Waals surface area (Å²) in [5, 5.41) is 3.40. The lowest BCUT2D eigenvalue weighted by atomic mass is 9.79. The Morgan fingerprint density at radius 1 is 1.25 bits per heavy atom. The van der Waals surface area contributed by atoms with Crippen molar-refractivity contribution in [1.82, 2.24) is 10.2 Å². The first-order valence-corrected chi connectivity index (χ1v) is 7.26. The van der Waals surface area contributed by atoms with E-state index in [0.29, 0.717) is 25.7 Å². The topological polar surface area (TPSA) is 24.5 Å². The fraction of sp³-hybridized carbons (Fsp3) is 1.00. The summed E-state index contributed by atoms with van der Waals surface area (Å²) in [5.41, 5.74) is -0.104. The van der Waals surface area contributed by atoms with E-state index in [1.165, 1.54) is 4.90 Å². The maximum absolute atomic E-state index is 12.5. The first-order chi connectivity index (χ1) is 9.22. The summed E-state index contributed by atoms with van der Waals surface area (Å²) >= 11 is 0. The van der Waals surface area contributed by atoms with Crippen molar-refractivity contribution in [3.63, 3.8) is 0 Å². The molecule has 1 heterocycles. The van der Waals surface area contributed by atoms with Crippen molar-refractivity contribution < 1.29 is 17.9 Å². The monoisotopic (exact) mass is 296 g/mol. The van der Waals surface area contributed by atoms with Crippen molar-refractivity contribution in [2.45, 2.75) is 32.9 Å². The number of ether oxygens (including phenoxy) is 1. The Morgan fingerprint density at radius 2 is 1.85 bits per heavy atom. The summed E-state index contributed by atoms with van der Waals surface area (Å²) < 4.78 is 42.7. The van der Waals surface area contributed by atoms with E-state index in [-0.39, 0.29) is 5.41 Å². The van der Waals surface area contributed by atoms with E-state index >= 15 is 0 Å². The molecule has 6 heteroatoms. The molecule has 0 aliphatic carbocycles. The van der Waals surface area contributed by atoms with Crippen LogP contribution in [0.15, 0.2) is 0 Å². The van der Waals surface area contributed by atoms with Crippen LogP contribution in [-0.2, 0) is 4.74 Å². The Morgan fingerprint density at radius 3 is 2.35 bits per heavy atom. The minimum Gasteiger partial charge on any atom is -0.381 e. The average Bonchev–Trinajstić information content (AvgIpc) is 2.26. The molecule has 1 rings (SSSR count). The van der Waals surface area contributed by atoms with Gasteiger partial charge in [0.15, 0.2) is 0 Å². The van der Waals surface area contributed by atoms with Crippen molar-refractivity contribution in [2.75, 3.05) is 46.4 Å². The Kier molecular flexibility index (Phi) is 6.75. The van der Waals surface area contributed by atoms with Gasteiger partial charge < -0.3 is 10.1 Å². The second kappa shape index (κ2) is 7.61. The lowest BCUT2D eigenvalue weighted by Gasteiger charge is -2.40. The number of alkyl halides is 3. The molecule has 0 aromatic rings. The fourth-order valence-corrected chi connectivity index (χ4v) is 2.76. The zero-order chi connectivity index (χ0) is 15.2. The summed E-state index contributed by atoms with van der Waals surface area (Å²) in [4.78, 5) is 1.39. The fourth-order valence-electron chi connectivity index (χ4n) is 2.76. The number of hydrogen-bond donors (Lipinski definition) is 1. The van der Waals surface area contributed by atoms with E-state index in [4.69, 9.17) is 4.74 Å². The van der Waals surface area contributed by atoms with Crippen molar-refractivity contribution in [3.05, 3.63) is 0 Å². The molecule has 0 aromatic carbocycles. The minimum atomic E-state index is -4.13. The SMILES string of the molecule is CC(C)CNCC1(CN(C)CC(F)(F)F)CCOCC1. The molecule has 0 aromatic heterocycles. The Balaban J connectivity index is 2.54. The maximum atomic E-state index is 12.5. The molecule has 0 saturated carbocycles. The van der Waals surface area contributed by atoms with Gasteiger partial charge in [0.05, 0.1) is 6.54 Å². The lowest BCUT2D eigenvalue weighted by molar-refractivity contribution is -0.147. The largest absolute Gasteiger partial charge is 0.401 e. The first kappa shape index (κ1) is 17.7. The van der Waals surface area contributed by atoms with Gasteiger partial charge in [-0.15, -0.1) is 0 Å². The van der Waals surface area contributed by atoms with Gasteiger partial charge in [0.1, 0.15) is 0 Å². The molecular formula is C14H27F3N2O. The number of hydrogen-bond acceptors (Lipinski definition) is 3. The second-order valence-electron chi connectivity index (χ2n) is 6.42. The van der Waals surface area contributed by atoms with Gasteiger partial charge in [-0.1, -0.05) is 13.8 Å². The van der Waals surface area contributed by atoms with Crippen molar-refractivity contribution in [3.8, 4) is 0 Å². The highest BCUT2D eigenvalue weighted by atomic mass is 19.4. The van der Waals surface area contributed by atoms with Crippen LogP contribution in [-0.4, -0.2) is 57.5 Å². The Bertz CT molecular complexity index is 276. The van der Waals surface area contributed by atoms with Crippen LogP contribution in [0.4, 0.5) is 13.2 Å². The van der Waals surface area contributed by atoms with Crippen LogP contribution < -0.4 is 5.32 Å². The van der Waals surface area contributed by atoms with Crippen LogP contribution >= 0.6 is 0 Å². The molecule has 1 fully saturated rings. The summed E-state index contributed by atoms with van der Waals surface area (Å²) in [7, 11) is 1.55. The molecule has 0 spiro atoms. The van der Waals surface area contributed by atoms with Gasteiger partial charge in [-0.2, -0.15) is 13.2 Å². The molecule has 1 saturated heterocycles. The third kappa shape index (κ3) is 6.90. The molecule has 1 aliphatic rings. The summed E-state index contributed by atoms with van der Waals surface area (Å²) in [6.45, 7) is 6.80. The highest BCUT2D eigenvalue weighted by Crippen LogP contribution is 2.31. The number of halogens is 3. The minimum absolute atomic E-state index is 0.104. The van der Waals surface area contributed by atoms with E-state index in [9.17, 15) is 13.2 Å². The van der Waals surface area contributed by atoms with E-state index in [2.05, 4.69) is 19.2 Å². The molecule has 1 N–H and O–H groups in total. The van der Waals surface area contributed by atoms with E-state index < -0.39 is 12.7 Å². The average molecular weight is 296 g/mol. The van der Waals surface area contributed by atoms with Crippen LogP contribution in [0.5, 0.6) is 0 Å². The molecule has 0 amide bonds. The summed E-state index contributed by atoms with van der Waals surface area (Å²) in [6, 6.07) is 0. The van der Waals surface area contributed by atoms with Gasteiger partial charge in [-0.3, -0.25) is 4.90 Å². The zero-order valence-corrected chi connectivity index (χ0v) is 12.7. The number of rotatable bonds is 7. The predicted octanol–water partition coefficient (Wildman–Crippen LogP) is 2.52. The smallest absolute Gasteiger partial charge is 0.381 e. The van der Waals surface area contributed by atoms with E-state index in [0.717, 1.165) is 25.9 Å². The molecule has 1 aliphatic heterocycles.